The van der Waals surface area contributed by atoms with E-state index < -0.39 is 32.2 Å². The van der Waals surface area contributed by atoms with Gasteiger partial charge in [-0.2, -0.15) is 0 Å². The van der Waals surface area contributed by atoms with Gasteiger partial charge in [0.25, 0.3) is 5.69 Å². The first-order valence-electron chi connectivity index (χ1n) is 4.91. The van der Waals surface area contributed by atoms with Gasteiger partial charge in [-0.05, 0) is 6.07 Å². The van der Waals surface area contributed by atoms with Gasteiger partial charge in [0, 0.05) is 6.07 Å². The molecule has 0 amide bonds. The Labute approximate surface area is 103 Å². The first-order chi connectivity index (χ1) is 8.38. The molecule has 18 heavy (non-hydrogen) atoms. The number of nitro benzene ring substituents is 1. The highest BCUT2D eigenvalue weighted by atomic mass is 32.2. The van der Waals surface area contributed by atoms with E-state index >= 15 is 0 Å². The number of carbonyl (C=O) groups is 1. The number of nitro groups is 1. The summed E-state index contributed by atoms with van der Waals surface area (Å²) in [4.78, 5) is 20.4. The molecule has 1 aromatic rings. The smallest absolute Gasteiger partial charge is 0.306 e. The molecule has 0 aliphatic rings. The van der Waals surface area contributed by atoms with Crippen molar-refractivity contribution in [1.29, 1.82) is 0 Å². The standard InChI is InChI=1S/C10H11NO6S/c1-17-10(12)6-7-18(15,16)9-5-3-2-4-8(9)11(13)14/h2-5H,6-7H2,1H3. The second-order valence-electron chi connectivity index (χ2n) is 3.37. The number of methoxy groups -OCH3 is 1. The molecule has 0 aromatic heterocycles. The number of hydrogen-bond acceptors (Lipinski definition) is 6. The maximum Gasteiger partial charge on any atom is 0.306 e. The molecule has 0 bridgehead atoms. The van der Waals surface area contributed by atoms with E-state index in [2.05, 4.69) is 4.74 Å². The summed E-state index contributed by atoms with van der Waals surface area (Å²) in [5.74, 6) is -1.21. The lowest BCUT2D eigenvalue weighted by atomic mass is 10.3. The number of para-hydroxylation sites is 1. The first kappa shape index (κ1) is 14.1. The number of sulfone groups is 1. The molecule has 7 nitrogen and oxygen atoms in total. The largest absolute Gasteiger partial charge is 0.469 e. The van der Waals surface area contributed by atoms with Gasteiger partial charge in [-0.3, -0.25) is 14.9 Å². The molecule has 0 saturated carbocycles. The molecule has 0 heterocycles. The van der Waals surface area contributed by atoms with Crippen LogP contribution in [-0.4, -0.2) is 32.2 Å². The molecule has 1 aromatic carbocycles. The van der Waals surface area contributed by atoms with Gasteiger partial charge in [-0.25, -0.2) is 8.42 Å². The molecule has 1 rings (SSSR count). The van der Waals surface area contributed by atoms with Crippen LogP contribution in [0, 0.1) is 10.1 Å². The summed E-state index contributed by atoms with van der Waals surface area (Å²) >= 11 is 0. The van der Waals surface area contributed by atoms with Crippen LogP contribution in [0.2, 0.25) is 0 Å². The number of ether oxygens (including phenoxy) is 1. The second-order valence-corrected chi connectivity index (χ2v) is 5.45. The van der Waals surface area contributed by atoms with Crippen molar-refractivity contribution in [3.05, 3.63) is 34.4 Å². The average Bonchev–Trinajstić information content (AvgIpc) is 2.36. The Morgan fingerprint density at radius 3 is 2.56 bits per heavy atom. The van der Waals surface area contributed by atoms with Gasteiger partial charge in [0.2, 0.25) is 0 Å². The van der Waals surface area contributed by atoms with E-state index in [1.807, 2.05) is 0 Å². The summed E-state index contributed by atoms with van der Waals surface area (Å²) in [5, 5.41) is 10.7. The van der Waals surface area contributed by atoms with Crippen molar-refractivity contribution in [3.8, 4) is 0 Å². The minimum Gasteiger partial charge on any atom is -0.469 e. The Morgan fingerprint density at radius 1 is 1.39 bits per heavy atom. The van der Waals surface area contributed by atoms with Gasteiger partial charge in [-0.15, -0.1) is 0 Å². The van der Waals surface area contributed by atoms with Crippen LogP contribution in [0.5, 0.6) is 0 Å². The van der Waals surface area contributed by atoms with Crippen molar-refractivity contribution in [2.75, 3.05) is 12.9 Å². The molecule has 0 aliphatic heterocycles. The van der Waals surface area contributed by atoms with E-state index in [9.17, 15) is 23.3 Å². The molecule has 8 heteroatoms. The van der Waals surface area contributed by atoms with Gasteiger partial charge in [-0.1, -0.05) is 12.1 Å². The number of hydrogen-bond donors (Lipinski definition) is 0. The predicted octanol–water partition coefficient (Wildman–Crippen LogP) is 0.932. The molecule has 0 aliphatic carbocycles. The van der Waals surface area contributed by atoms with E-state index in [0.29, 0.717) is 0 Å². The van der Waals surface area contributed by atoms with Gasteiger partial charge in [0.15, 0.2) is 9.84 Å². The van der Waals surface area contributed by atoms with Crippen LogP contribution in [0.15, 0.2) is 29.2 Å². The van der Waals surface area contributed by atoms with E-state index in [4.69, 9.17) is 0 Å². The fourth-order valence-corrected chi connectivity index (χ4v) is 2.70. The zero-order valence-electron chi connectivity index (χ0n) is 9.53. The van der Waals surface area contributed by atoms with Crippen molar-refractivity contribution < 1.29 is 22.9 Å². The lowest BCUT2D eigenvalue weighted by Gasteiger charge is -2.04. The zero-order chi connectivity index (χ0) is 13.8. The van der Waals surface area contributed by atoms with Crippen LogP contribution >= 0.6 is 0 Å². The van der Waals surface area contributed by atoms with Crippen molar-refractivity contribution >= 4 is 21.5 Å². The van der Waals surface area contributed by atoms with Crippen LogP contribution in [0.3, 0.4) is 0 Å². The Hall–Kier alpha value is -1.96. The van der Waals surface area contributed by atoms with Gasteiger partial charge < -0.3 is 4.74 Å². The van der Waals surface area contributed by atoms with E-state index in [0.717, 1.165) is 19.2 Å². The van der Waals surface area contributed by atoms with Crippen LogP contribution in [0.25, 0.3) is 0 Å². The normalized spacial score (nSPS) is 10.9. The maximum atomic E-state index is 11.9. The van der Waals surface area contributed by atoms with Gasteiger partial charge >= 0.3 is 5.97 Å². The minimum absolute atomic E-state index is 0.342. The molecule has 0 N–H and O–H groups in total. The number of esters is 1. The predicted molar refractivity (Wildman–Crippen MR) is 61.8 cm³/mol. The van der Waals surface area contributed by atoms with E-state index in [1.54, 1.807) is 0 Å². The Bertz CT molecular complexity index is 565. The highest BCUT2D eigenvalue weighted by molar-refractivity contribution is 7.91. The fourth-order valence-electron chi connectivity index (χ4n) is 1.30. The van der Waals surface area contributed by atoms with Crippen LogP contribution in [-0.2, 0) is 19.4 Å². The van der Waals surface area contributed by atoms with E-state index in [1.165, 1.54) is 12.1 Å². The third-order valence-electron chi connectivity index (χ3n) is 2.20. The van der Waals surface area contributed by atoms with Crippen LogP contribution in [0.4, 0.5) is 5.69 Å². The zero-order valence-corrected chi connectivity index (χ0v) is 10.3. The number of rotatable bonds is 5. The van der Waals surface area contributed by atoms with Crippen LogP contribution in [0.1, 0.15) is 6.42 Å². The molecule has 0 fully saturated rings. The van der Waals surface area contributed by atoms with Crippen molar-refractivity contribution in [3.63, 3.8) is 0 Å². The SMILES string of the molecule is COC(=O)CCS(=O)(=O)c1ccccc1[N+](=O)[O-]. The summed E-state index contributed by atoms with van der Waals surface area (Å²) in [6, 6.07) is 5.01. The average molecular weight is 273 g/mol. The first-order valence-corrected chi connectivity index (χ1v) is 6.56. The molecule has 98 valence electrons. The Morgan fingerprint density at radius 2 is 2.00 bits per heavy atom. The number of benzene rings is 1. The summed E-state index contributed by atoms with van der Waals surface area (Å²) < 4.78 is 28.1. The summed E-state index contributed by atoms with van der Waals surface area (Å²) in [6.07, 6.45) is -0.342. The highest BCUT2D eigenvalue weighted by Crippen LogP contribution is 2.24. The fraction of sp³-hybridized carbons (Fsp3) is 0.300. The molecule has 0 saturated heterocycles. The lowest BCUT2D eigenvalue weighted by Crippen LogP contribution is -2.13. The van der Waals surface area contributed by atoms with Crippen LogP contribution < -0.4 is 0 Å². The number of carbonyl (C=O) groups excluding carboxylic acids is 1. The molecular weight excluding hydrogens is 262 g/mol. The quantitative estimate of drug-likeness (QED) is 0.449. The topological polar surface area (TPSA) is 104 Å². The molecular formula is C10H11NO6S. The van der Waals surface area contributed by atoms with Gasteiger partial charge in [0.1, 0.15) is 4.90 Å². The Kier molecular flexibility index (Phi) is 4.38. The second kappa shape index (κ2) is 5.58. The lowest BCUT2D eigenvalue weighted by molar-refractivity contribution is -0.387. The summed E-state index contributed by atoms with van der Waals surface area (Å²) in [6.45, 7) is 0. The minimum atomic E-state index is -3.88. The molecule has 0 spiro atoms. The summed E-state index contributed by atoms with van der Waals surface area (Å²) in [5.41, 5.74) is -0.498. The number of nitrogens with zero attached hydrogens (tertiary/aromatic N) is 1. The maximum absolute atomic E-state index is 11.9. The van der Waals surface area contributed by atoms with Crippen molar-refractivity contribution in [2.24, 2.45) is 0 Å². The van der Waals surface area contributed by atoms with E-state index in [-0.39, 0.29) is 11.3 Å². The van der Waals surface area contributed by atoms with Gasteiger partial charge in [0.05, 0.1) is 24.2 Å². The van der Waals surface area contributed by atoms with Crippen molar-refractivity contribution in [1.82, 2.24) is 0 Å². The molecule has 0 radical (unpaired) electrons. The molecule has 0 atom stereocenters. The third kappa shape index (κ3) is 3.27. The highest BCUT2D eigenvalue weighted by Gasteiger charge is 2.25. The van der Waals surface area contributed by atoms with Crippen molar-refractivity contribution in [2.45, 2.75) is 11.3 Å². The molecule has 0 unspecified atom stereocenters. The monoisotopic (exact) mass is 273 g/mol. The Balaban J connectivity index is 3.05. The summed E-state index contributed by atoms with van der Waals surface area (Å²) in [7, 11) is -2.74. The third-order valence-corrected chi connectivity index (χ3v) is 3.96.